The Bertz CT molecular complexity index is 742. The summed E-state index contributed by atoms with van der Waals surface area (Å²) in [5.41, 5.74) is 3.22. The summed E-state index contributed by atoms with van der Waals surface area (Å²) < 4.78 is 2.64. The van der Waals surface area contributed by atoms with E-state index < -0.39 is 0 Å². The molecule has 0 bridgehead atoms. The number of hydrogen-bond donors (Lipinski definition) is 1. The Morgan fingerprint density at radius 3 is 2.32 bits per heavy atom. The molecule has 0 radical (unpaired) electrons. The van der Waals surface area contributed by atoms with Crippen LogP contribution < -0.4 is 4.36 Å². The summed E-state index contributed by atoms with van der Waals surface area (Å²) in [7, 11) is 0. The van der Waals surface area contributed by atoms with Gasteiger partial charge >= 0.3 is 122 Å². The zero-order valence-corrected chi connectivity index (χ0v) is 12.5. The molecule has 0 aliphatic rings. The quantitative estimate of drug-likeness (QED) is 0.697. The van der Waals surface area contributed by atoms with Crippen molar-refractivity contribution in [3.05, 3.63) is 68.9 Å². The van der Waals surface area contributed by atoms with E-state index in [4.69, 9.17) is 17.0 Å². The van der Waals surface area contributed by atoms with Gasteiger partial charge in [-0.2, -0.15) is 0 Å². The molecule has 0 spiro atoms. The molecular weight excluding hydrogens is 323 g/mol. The fourth-order valence-corrected chi connectivity index (χ4v) is 3.73. The van der Waals surface area contributed by atoms with Gasteiger partial charge in [0.25, 0.3) is 0 Å². The van der Waals surface area contributed by atoms with E-state index in [2.05, 4.69) is 17.1 Å². The fourth-order valence-electron chi connectivity index (χ4n) is 1.98. The molecule has 19 heavy (non-hydrogen) atoms. The summed E-state index contributed by atoms with van der Waals surface area (Å²) in [4.78, 5) is 2.15. The van der Waals surface area contributed by atoms with Gasteiger partial charge in [-0.25, -0.2) is 0 Å². The number of nitrogens with zero attached hydrogens (tertiary/aromatic N) is 1. The first-order valence-electron chi connectivity index (χ1n) is 5.82. The molecule has 0 aliphatic carbocycles. The van der Waals surface area contributed by atoms with Crippen LogP contribution in [0.4, 0.5) is 0 Å². The molecule has 0 saturated carbocycles. The van der Waals surface area contributed by atoms with Crippen LogP contribution in [0, 0.1) is 5.41 Å². The number of rotatable bonds is 2. The zero-order chi connectivity index (χ0) is 13.2. The predicted octanol–water partition coefficient (Wildman–Crippen LogP) is 3.33. The van der Waals surface area contributed by atoms with Crippen LogP contribution in [0.25, 0.3) is 16.9 Å². The van der Waals surface area contributed by atoms with E-state index in [9.17, 15) is 0 Å². The summed E-state index contributed by atoms with van der Waals surface area (Å²) in [6, 6.07) is 17.8. The first-order valence-corrected chi connectivity index (χ1v) is 8.04. The van der Waals surface area contributed by atoms with Gasteiger partial charge in [-0.05, 0) is 0 Å². The van der Waals surface area contributed by atoms with Crippen molar-refractivity contribution >= 4 is 26.1 Å². The van der Waals surface area contributed by atoms with Crippen molar-refractivity contribution in [1.82, 2.24) is 4.57 Å². The van der Waals surface area contributed by atoms with Crippen LogP contribution in [0.1, 0.15) is 0 Å². The molecule has 2 nitrogen and oxygen atoms in total. The van der Waals surface area contributed by atoms with Gasteiger partial charge in [-0.1, -0.05) is 0 Å². The maximum absolute atomic E-state index is 8.15. The van der Waals surface area contributed by atoms with E-state index in [0.29, 0.717) is 9.38 Å². The SMILES string of the molecule is N=c1[se]cc(-c2ccccc2)n1-c1ccc(Cl)cc1. The fraction of sp³-hybridized carbons (Fsp3) is 0. The van der Waals surface area contributed by atoms with Gasteiger partial charge < -0.3 is 0 Å². The molecule has 1 heterocycles. The van der Waals surface area contributed by atoms with E-state index in [1.54, 1.807) is 0 Å². The molecule has 94 valence electrons. The standard InChI is InChI=1S/C15H11ClN2Se/c16-12-6-8-13(9-7-12)18-14(10-19-15(18)17)11-4-2-1-3-5-11/h1-10,17H. The van der Waals surface area contributed by atoms with Gasteiger partial charge in [-0.3, -0.25) is 0 Å². The van der Waals surface area contributed by atoms with Gasteiger partial charge in [0.1, 0.15) is 0 Å². The van der Waals surface area contributed by atoms with Crippen molar-refractivity contribution in [2.45, 2.75) is 0 Å². The Hall–Kier alpha value is -1.54. The number of nitrogens with one attached hydrogen (secondary N) is 1. The molecule has 0 saturated heterocycles. The van der Waals surface area contributed by atoms with Crippen LogP contribution in [-0.4, -0.2) is 19.1 Å². The Morgan fingerprint density at radius 1 is 0.947 bits per heavy atom. The first-order chi connectivity index (χ1) is 9.25. The van der Waals surface area contributed by atoms with Crippen molar-refractivity contribution < 1.29 is 0 Å². The third-order valence-corrected chi connectivity index (χ3v) is 4.70. The average molecular weight is 334 g/mol. The minimum absolute atomic E-state index is 0.0881. The number of hydrogen-bond acceptors (Lipinski definition) is 1. The molecule has 3 rings (SSSR count). The summed E-state index contributed by atoms with van der Waals surface area (Å²) in [5.74, 6) is 0. The molecule has 0 amide bonds. The second-order valence-electron chi connectivity index (χ2n) is 4.10. The molecule has 0 fully saturated rings. The van der Waals surface area contributed by atoms with Crippen molar-refractivity contribution in [3.63, 3.8) is 0 Å². The van der Waals surface area contributed by atoms with E-state index in [-0.39, 0.29) is 14.5 Å². The Labute approximate surface area is 122 Å². The summed E-state index contributed by atoms with van der Waals surface area (Å²) in [6.07, 6.45) is 0. The van der Waals surface area contributed by atoms with Gasteiger partial charge in [0, 0.05) is 0 Å². The third-order valence-electron chi connectivity index (χ3n) is 2.88. The molecule has 3 aromatic rings. The molecule has 1 N–H and O–H groups in total. The molecule has 0 unspecified atom stereocenters. The first kappa shape index (κ1) is 12.5. The van der Waals surface area contributed by atoms with E-state index >= 15 is 0 Å². The van der Waals surface area contributed by atoms with E-state index in [1.807, 2.05) is 47.0 Å². The molecular formula is C15H11ClN2Se. The van der Waals surface area contributed by atoms with Crippen LogP contribution >= 0.6 is 11.6 Å². The molecule has 0 aliphatic heterocycles. The van der Waals surface area contributed by atoms with Crippen LogP contribution in [0.3, 0.4) is 0 Å². The Balaban J connectivity index is 2.19. The zero-order valence-electron chi connectivity index (χ0n) is 10.0. The molecule has 0 atom stereocenters. The molecule has 1 aromatic heterocycles. The molecule has 4 heteroatoms. The number of benzene rings is 2. The summed E-state index contributed by atoms with van der Waals surface area (Å²) in [6.45, 7) is 0. The Kier molecular flexibility index (Phi) is 3.43. The van der Waals surface area contributed by atoms with Crippen molar-refractivity contribution in [3.8, 4) is 16.9 Å². The van der Waals surface area contributed by atoms with Crippen molar-refractivity contribution in [1.29, 1.82) is 5.41 Å². The van der Waals surface area contributed by atoms with Gasteiger partial charge in [0.15, 0.2) is 0 Å². The second-order valence-corrected chi connectivity index (χ2v) is 6.34. The van der Waals surface area contributed by atoms with Crippen LogP contribution in [0.2, 0.25) is 5.02 Å². The number of aromatic nitrogens is 1. The number of halogens is 1. The van der Waals surface area contributed by atoms with Gasteiger partial charge in [0.05, 0.1) is 0 Å². The second kappa shape index (κ2) is 5.22. The normalized spacial score (nSPS) is 10.6. The van der Waals surface area contributed by atoms with Crippen LogP contribution in [0.5, 0.6) is 0 Å². The Morgan fingerprint density at radius 2 is 1.63 bits per heavy atom. The van der Waals surface area contributed by atoms with E-state index in [1.165, 1.54) is 0 Å². The van der Waals surface area contributed by atoms with E-state index in [0.717, 1.165) is 16.9 Å². The minimum atomic E-state index is 0.0881. The van der Waals surface area contributed by atoms with Gasteiger partial charge in [-0.15, -0.1) is 0 Å². The summed E-state index contributed by atoms with van der Waals surface area (Å²) >= 11 is 6.01. The summed E-state index contributed by atoms with van der Waals surface area (Å²) in [5, 5.41) is 8.86. The van der Waals surface area contributed by atoms with Crippen LogP contribution in [-0.2, 0) is 0 Å². The van der Waals surface area contributed by atoms with Crippen molar-refractivity contribution in [2.75, 3.05) is 0 Å². The average Bonchev–Trinajstić information content (AvgIpc) is 2.83. The maximum atomic E-state index is 8.15. The third kappa shape index (κ3) is 2.45. The van der Waals surface area contributed by atoms with Gasteiger partial charge in [0.2, 0.25) is 0 Å². The molecule has 2 aromatic carbocycles. The predicted molar refractivity (Wildman–Crippen MR) is 79.0 cm³/mol. The van der Waals surface area contributed by atoms with Crippen molar-refractivity contribution in [2.24, 2.45) is 0 Å². The topological polar surface area (TPSA) is 28.8 Å². The van der Waals surface area contributed by atoms with Crippen LogP contribution in [0.15, 0.2) is 59.5 Å². The monoisotopic (exact) mass is 334 g/mol.